The number of carbonyl (C=O) groups excluding carboxylic acids is 1. The Balaban J connectivity index is 1.53. The molecule has 130 valence electrons. The molecule has 0 atom stereocenters. The third kappa shape index (κ3) is 3.66. The molecule has 0 radical (unpaired) electrons. The van der Waals surface area contributed by atoms with Crippen molar-refractivity contribution in [2.45, 2.75) is 32.6 Å². The summed E-state index contributed by atoms with van der Waals surface area (Å²) >= 11 is 0. The van der Waals surface area contributed by atoms with Crippen molar-refractivity contribution < 1.29 is 14.7 Å². The van der Waals surface area contributed by atoms with Gasteiger partial charge in [-0.2, -0.15) is 0 Å². The van der Waals surface area contributed by atoms with E-state index in [1.807, 2.05) is 9.80 Å². The van der Waals surface area contributed by atoms with E-state index in [1.54, 1.807) is 6.07 Å². The average molecular weight is 332 g/mol. The van der Waals surface area contributed by atoms with Crippen LogP contribution in [0.1, 0.15) is 43.1 Å². The molecule has 1 aliphatic carbocycles. The van der Waals surface area contributed by atoms with Crippen LogP contribution in [0.25, 0.3) is 0 Å². The fourth-order valence-electron chi connectivity index (χ4n) is 3.53. The molecule has 24 heavy (non-hydrogen) atoms. The van der Waals surface area contributed by atoms with Gasteiger partial charge in [-0.3, -0.25) is 4.79 Å². The zero-order valence-electron chi connectivity index (χ0n) is 14.0. The van der Waals surface area contributed by atoms with Crippen molar-refractivity contribution >= 4 is 17.7 Å². The van der Waals surface area contributed by atoms with Crippen LogP contribution in [0, 0.1) is 11.8 Å². The summed E-state index contributed by atoms with van der Waals surface area (Å²) in [4.78, 5) is 27.5. The van der Waals surface area contributed by atoms with Crippen molar-refractivity contribution in [2.24, 2.45) is 11.8 Å². The Hall–Kier alpha value is -2.18. The van der Waals surface area contributed by atoms with E-state index in [1.165, 1.54) is 6.07 Å². The van der Waals surface area contributed by atoms with Crippen LogP contribution in [0.5, 0.6) is 0 Å². The molecule has 1 aromatic heterocycles. The first kappa shape index (κ1) is 16.7. The van der Waals surface area contributed by atoms with Crippen LogP contribution >= 0.6 is 0 Å². The molecule has 1 amide bonds. The van der Waals surface area contributed by atoms with Gasteiger partial charge < -0.3 is 14.9 Å². The molecule has 2 aliphatic rings. The lowest BCUT2D eigenvalue weighted by Crippen LogP contribution is -2.51. The van der Waals surface area contributed by atoms with Crippen molar-refractivity contribution in [2.75, 3.05) is 31.1 Å². The Bertz CT molecular complexity index is 588. The highest BCUT2D eigenvalue weighted by Crippen LogP contribution is 2.30. The summed E-state index contributed by atoms with van der Waals surface area (Å²) in [7, 11) is 0. The smallest absolute Gasteiger partial charge is 0.356 e. The number of carboxylic acids is 1. The highest BCUT2D eigenvalue weighted by atomic mass is 16.4. The number of amides is 1. The van der Waals surface area contributed by atoms with E-state index >= 15 is 0 Å². The largest absolute Gasteiger partial charge is 0.476 e. The first-order valence-corrected chi connectivity index (χ1v) is 8.65. The Morgan fingerprint density at radius 1 is 1.04 bits per heavy atom. The fraction of sp³-hybridized carbons (Fsp3) is 0.647. The number of piperazine rings is 1. The quantitative estimate of drug-likeness (QED) is 0.906. The van der Waals surface area contributed by atoms with E-state index in [9.17, 15) is 9.59 Å². The summed E-state index contributed by atoms with van der Waals surface area (Å²) in [5, 5.41) is 16.6. The van der Waals surface area contributed by atoms with E-state index in [4.69, 9.17) is 5.11 Å². The lowest BCUT2D eigenvalue weighted by molar-refractivity contribution is -0.137. The molecule has 2 fully saturated rings. The van der Waals surface area contributed by atoms with Gasteiger partial charge >= 0.3 is 5.97 Å². The van der Waals surface area contributed by atoms with Crippen LogP contribution in [0.15, 0.2) is 12.1 Å². The molecule has 1 saturated carbocycles. The summed E-state index contributed by atoms with van der Waals surface area (Å²) in [5.41, 5.74) is -0.0564. The van der Waals surface area contributed by atoms with Crippen molar-refractivity contribution in [1.29, 1.82) is 0 Å². The maximum Gasteiger partial charge on any atom is 0.356 e. The van der Waals surface area contributed by atoms with Crippen molar-refractivity contribution in [1.82, 2.24) is 15.1 Å². The van der Waals surface area contributed by atoms with Gasteiger partial charge in [-0.1, -0.05) is 6.92 Å². The van der Waals surface area contributed by atoms with Crippen LogP contribution in [-0.4, -0.2) is 58.3 Å². The summed E-state index contributed by atoms with van der Waals surface area (Å²) in [6.07, 6.45) is 4.34. The van der Waals surface area contributed by atoms with Crippen LogP contribution in [0.2, 0.25) is 0 Å². The monoisotopic (exact) mass is 332 g/mol. The Kier molecular flexibility index (Phi) is 4.97. The van der Waals surface area contributed by atoms with Crippen molar-refractivity contribution in [3.8, 4) is 0 Å². The SMILES string of the molecule is CC1CCC(C(=O)N2CCN(c3ccc(C(=O)O)nn3)CC2)CC1. The highest BCUT2D eigenvalue weighted by molar-refractivity contribution is 5.85. The number of hydrogen-bond donors (Lipinski definition) is 1. The molecule has 1 aromatic rings. The van der Waals surface area contributed by atoms with Gasteiger partial charge in [0.15, 0.2) is 11.5 Å². The lowest BCUT2D eigenvalue weighted by Gasteiger charge is -2.38. The minimum absolute atomic E-state index is 0.0564. The molecule has 7 nitrogen and oxygen atoms in total. The third-order valence-electron chi connectivity index (χ3n) is 5.15. The van der Waals surface area contributed by atoms with Crippen LogP contribution in [-0.2, 0) is 4.79 Å². The molecular weight excluding hydrogens is 308 g/mol. The number of carbonyl (C=O) groups is 2. The molecule has 1 aliphatic heterocycles. The number of rotatable bonds is 3. The second-order valence-corrected chi connectivity index (χ2v) is 6.85. The Morgan fingerprint density at radius 3 is 2.25 bits per heavy atom. The Morgan fingerprint density at radius 2 is 1.71 bits per heavy atom. The predicted molar refractivity (Wildman–Crippen MR) is 88.9 cm³/mol. The first-order chi connectivity index (χ1) is 11.5. The van der Waals surface area contributed by atoms with Gasteiger partial charge in [0.05, 0.1) is 0 Å². The van der Waals surface area contributed by atoms with Crippen molar-refractivity contribution in [3.63, 3.8) is 0 Å². The molecule has 0 unspecified atom stereocenters. The number of nitrogens with zero attached hydrogens (tertiary/aromatic N) is 4. The molecule has 1 N–H and O–H groups in total. The lowest BCUT2D eigenvalue weighted by atomic mass is 9.82. The maximum absolute atomic E-state index is 12.6. The summed E-state index contributed by atoms with van der Waals surface area (Å²) < 4.78 is 0. The molecule has 0 spiro atoms. The zero-order chi connectivity index (χ0) is 17.1. The van der Waals surface area contributed by atoms with E-state index in [2.05, 4.69) is 17.1 Å². The molecule has 0 aromatic carbocycles. The summed E-state index contributed by atoms with van der Waals surface area (Å²) in [5.74, 6) is 0.833. The third-order valence-corrected chi connectivity index (χ3v) is 5.15. The second kappa shape index (κ2) is 7.15. The summed E-state index contributed by atoms with van der Waals surface area (Å²) in [6, 6.07) is 3.14. The molecule has 3 rings (SSSR count). The number of aromatic nitrogens is 2. The van der Waals surface area contributed by atoms with Gasteiger partial charge in [0.25, 0.3) is 0 Å². The minimum atomic E-state index is -1.08. The van der Waals surface area contributed by atoms with Gasteiger partial charge in [0.1, 0.15) is 0 Å². The minimum Gasteiger partial charge on any atom is -0.476 e. The second-order valence-electron chi connectivity index (χ2n) is 6.85. The fourth-order valence-corrected chi connectivity index (χ4v) is 3.53. The van der Waals surface area contributed by atoms with E-state index in [-0.39, 0.29) is 11.6 Å². The zero-order valence-corrected chi connectivity index (χ0v) is 14.0. The number of aromatic carboxylic acids is 1. The maximum atomic E-state index is 12.6. The average Bonchev–Trinajstić information content (AvgIpc) is 2.62. The number of anilines is 1. The normalized spacial score (nSPS) is 24.7. The number of carboxylic acid groups (broad SMARTS) is 1. The summed E-state index contributed by atoms with van der Waals surface area (Å²) in [6.45, 7) is 5.04. The molecule has 1 saturated heterocycles. The van der Waals surface area contributed by atoms with Gasteiger partial charge in [-0.05, 0) is 43.7 Å². The van der Waals surface area contributed by atoms with Crippen LogP contribution in [0.3, 0.4) is 0 Å². The standard InChI is InChI=1S/C17H24N4O3/c1-12-2-4-13(5-3-12)16(22)21-10-8-20(9-11-21)15-7-6-14(17(23)24)18-19-15/h6-7,12-13H,2-5,8-11H2,1H3,(H,23,24). The molecular formula is C17H24N4O3. The van der Waals surface area contributed by atoms with E-state index in [0.29, 0.717) is 37.9 Å². The Labute approximate surface area is 141 Å². The van der Waals surface area contributed by atoms with Crippen LogP contribution < -0.4 is 4.90 Å². The topological polar surface area (TPSA) is 86.6 Å². The van der Waals surface area contributed by atoms with Crippen LogP contribution in [0.4, 0.5) is 5.82 Å². The predicted octanol–water partition coefficient (Wildman–Crippen LogP) is 1.65. The van der Waals surface area contributed by atoms with E-state index in [0.717, 1.165) is 31.6 Å². The molecule has 7 heteroatoms. The van der Waals surface area contributed by atoms with Crippen molar-refractivity contribution in [3.05, 3.63) is 17.8 Å². The van der Waals surface area contributed by atoms with Gasteiger partial charge in [0, 0.05) is 32.1 Å². The first-order valence-electron chi connectivity index (χ1n) is 8.65. The van der Waals surface area contributed by atoms with Gasteiger partial charge in [-0.15, -0.1) is 10.2 Å². The van der Waals surface area contributed by atoms with Gasteiger partial charge in [-0.25, -0.2) is 4.79 Å². The molecule has 0 bridgehead atoms. The molecule has 2 heterocycles. The highest BCUT2D eigenvalue weighted by Gasteiger charge is 2.30. The number of hydrogen-bond acceptors (Lipinski definition) is 5. The van der Waals surface area contributed by atoms with Gasteiger partial charge in [0.2, 0.25) is 5.91 Å². The van der Waals surface area contributed by atoms with E-state index < -0.39 is 5.97 Å².